The molecule has 0 radical (unpaired) electrons. The van der Waals surface area contributed by atoms with Crippen LogP contribution in [0.3, 0.4) is 0 Å². The summed E-state index contributed by atoms with van der Waals surface area (Å²) < 4.78 is 9.59. The highest BCUT2D eigenvalue weighted by molar-refractivity contribution is 6.02. The molecule has 0 unspecified atom stereocenters. The third-order valence-corrected chi connectivity index (χ3v) is 2.19. The van der Waals surface area contributed by atoms with Crippen molar-refractivity contribution >= 4 is 11.7 Å². The first-order chi connectivity index (χ1) is 8.01. The summed E-state index contributed by atoms with van der Waals surface area (Å²) in [6, 6.07) is 3.77. The van der Waals surface area contributed by atoms with Gasteiger partial charge in [-0.15, -0.1) is 0 Å². The van der Waals surface area contributed by atoms with Gasteiger partial charge in [0.05, 0.1) is 5.56 Å². The Labute approximate surface area is 97.9 Å². The number of hydrogen-bond donors (Lipinski definition) is 2. The van der Waals surface area contributed by atoms with E-state index in [1.807, 2.05) is 0 Å². The largest absolute Gasteiger partial charge is 0.507 e. The second kappa shape index (κ2) is 5.42. The van der Waals surface area contributed by atoms with Crippen LogP contribution >= 0.6 is 0 Å². The predicted octanol–water partition coefficient (Wildman–Crippen LogP) is 0.293. The lowest BCUT2D eigenvalue weighted by Gasteiger charge is -2.12. The normalized spacial score (nSPS) is 10.5. The summed E-state index contributed by atoms with van der Waals surface area (Å²) in [4.78, 5) is 22.8. The zero-order chi connectivity index (χ0) is 13.0. The number of phenols is 1. The van der Waals surface area contributed by atoms with Crippen LogP contribution in [0.4, 0.5) is 0 Å². The monoisotopic (exact) mass is 239 g/mol. The average molecular weight is 239 g/mol. The van der Waals surface area contributed by atoms with Crippen LogP contribution in [0.15, 0.2) is 18.2 Å². The van der Waals surface area contributed by atoms with E-state index in [2.05, 4.69) is 0 Å². The minimum atomic E-state index is -1.06. The third kappa shape index (κ3) is 2.80. The van der Waals surface area contributed by atoms with Gasteiger partial charge in [0.2, 0.25) is 12.1 Å². The molecule has 0 atom stereocenters. The molecular weight excluding hydrogens is 226 g/mol. The van der Waals surface area contributed by atoms with Gasteiger partial charge in [0.25, 0.3) is 5.91 Å². The fourth-order valence-electron chi connectivity index (χ4n) is 1.33. The van der Waals surface area contributed by atoms with Crippen LogP contribution in [0.5, 0.6) is 5.75 Å². The SMILES string of the molecule is COC(OC)C(=O)c1ccc(O)c(C(N)=O)c1. The summed E-state index contributed by atoms with van der Waals surface area (Å²) in [5.41, 5.74) is 5.10. The van der Waals surface area contributed by atoms with Crippen LogP contribution in [0.2, 0.25) is 0 Å². The van der Waals surface area contributed by atoms with Gasteiger partial charge in [-0.3, -0.25) is 9.59 Å². The van der Waals surface area contributed by atoms with Gasteiger partial charge >= 0.3 is 0 Å². The number of Topliss-reactive ketones (excluding diaryl/α,β-unsaturated/α-hetero) is 1. The number of amides is 1. The highest BCUT2D eigenvalue weighted by atomic mass is 16.7. The molecule has 0 aliphatic carbocycles. The first-order valence-corrected chi connectivity index (χ1v) is 4.74. The predicted molar refractivity (Wildman–Crippen MR) is 58.8 cm³/mol. The lowest BCUT2D eigenvalue weighted by molar-refractivity contribution is -0.0742. The van der Waals surface area contributed by atoms with Gasteiger partial charge in [-0.25, -0.2) is 0 Å². The van der Waals surface area contributed by atoms with Crippen molar-refractivity contribution in [2.75, 3.05) is 14.2 Å². The number of ether oxygens (including phenoxy) is 2. The standard InChI is InChI=1S/C11H13NO5/c1-16-11(17-2)9(14)6-3-4-8(13)7(5-6)10(12)15/h3-5,11,13H,1-2H3,(H2,12,15). The Balaban J connectivity index is 3.11. The van der Waals surface area contributed by atoms with Crippen LogP contribution in [0, 0.1) is 0 Å². The number of ketones is 1. The van der Waals surface area contributed by atoms with E-state index < -0.39 is 18.0 Å². The van der Waals surface area contributed by atoms with Gasteiger partial charge in [-0.1, -0.05) is 0 Å². The van der Waals surface area contributed by atoms with Gasteiger partial charge < -0.3 is 20.3 Å². The maximum atomic E-state index is 11.8. The second-order valence-electron chi connectivity index (χ2n) is 3.26. The molecule has 0 bridgehead atoms. The van der Waals surface area contributed by atoms with Crippen molar-refractivity contribution in [3.8, 4) is 5.75 Å². The summed E-state index contributed by atoms with van der Waals surface area (Å²) in [7, 11) is 2.64. The molecule has 0 saturated carbocycles. The van der Waals surface area contributed by atoms with Crippen molar-refractivity contribution in [1.29, 1.82) is 0 Å². The van der Waals surface area contributed by atoms with Crippen LogP contribution < -0.4 is 5.73 Å². The number of benzene rings is 1. The van der Waals surface area contributed by atoms with Crippen LogP contribution in [-0.2, 0) is 9.47 Å². The Morgan fingerprint density at radius 3 is 2.35 bits per heavy atom. The molecule has 0 fully saturated rings. The molecule has 0 aromatic heterocycles. The minimum Gasteiger partial charge on any atom is -0.507 e. The lowest BCUT2D eigenvalue weighted by Crippen LogP contribution is -2.25. The van der Waals surface area contributed by atoms with Gasteiger partial charge in [0.1, 0.15) is 5.75 Å². The molecule has 0 aliphatic heterocycles. The molecule has 1 aromatic rings. The van der Waals surface area contributed by atoms with Crippen LogP contribution in [-0.4, -0.2) is 37.3 Å². The van der Waals surface area contributed by atoms with E-state index in [1.165, 1.54) is 32.4 Å². The molecule has 6 nitrogen and oxygen atoms in total. The highest BCUT2D eigenvalue weighted by Gasteiger charge is 2.20. The Bertz CT molecular complexity index is 439. The first-order valence-electron chi connectivity index (χ1n) is 4.74. The van der Waals surface area contributed by atoms with E-state index in [9.17, 15) is 14.7 Å². The number of nitrogens with two attached hydrogens (primary N) is 1. The lowest BCUT2D eigenvalue weighted by atomic mass is 10.1. The first kappa shape index (κ1) is 13.1. The minimum absolute atomic E-state index is 0.123. The quantitative estimate of drug-likeness (QED) is 0.568. The van der Waals surface area contributed by atoms with Gasteiger partial charge in [-0.2, -0.15) is 0 Å². The van der Waals surface area contributed by atoms with E-state index in [0.29, 0.717) is 0 Å². The number of hydrogen-bond acceptors (Lipinski definition) is 5. The van der Waals surface area contributed by atoms with Gasteiger partial charge in [0, 0.05) is 19.8 Å². The number of primary amides is 1. The molecule has 0 saturated heterocycles. The molecule has 3 N–H and O–H groups in total. The summed E-state index contributed by atoms with van der Waals surface area (Å²) in [6.07, 6.45) is -1.06. The number of rotatable bonds is 5. The average Bonchev–Trinajstić information content (AvgIpc) is 2.30. The summed E-state index contributed by atoms with van der Waals surface area (Å²) in [5.74, 6) is -1.55. The molecule has 0 aliphatic rings. The molecular formula is C11H13NO5. The van der Waals surface area contributed by atoms with Crippen molar-refractivity contribution in [1.82, 2.24) is 0 Å². The van der Waals surface area contributed by atoms with Crippen LogP contribution in [0.25, 0.3) is 0 Å². The molecule has 0 heterocycles. The fourth-order valence-corrected chi connectivity index (χ4v) is 1.33. The molecule has 92 valence electrons. The number of carbonyl (C=O) groups excluding carboxylic acids is 2. The Hall–Kier alpha value is -1.92. The second-order valence-corrected chi connectivity index (χ2v) is 3.26. The molecule has 1 amide bonds. The number of methoxy groups -OCH3 is 2. The van der Waals surface area contributed by atoms with E-state index >= 15 is 0 Å². The molecule has 17 heavy (non-hydrogen) atoms. The van der Waals surface area contributed by atoms with Crippen LogP contribution in [0.1, 0.15) is 20.7 Å². The van der Waals surface area contributed by atoms with E-state index in [0.717, 1.165) is 0 Å². The molecule has 0 spiro atoms. The van der Waals surface area contributed by atoms with Crippen molar-refractivity contribution in [2.45, 2.75) is 6.29 Å². The summed E-state index contributed by atoms with van der Waals surface area (Å²) in [6.45, 7) is 0. The van der Waals surface area contributed by atoms with Crippen molar-refractivity contribution in [2.24, 2.45) is 5.73 Å². The highest BCUT2D eigenvalue weighted by Crippen LogP contribution is 2.19. The maximum Gasteiger partial charge on any atom is 0.252 e. The summed E-state index contributed by atoms with van der Waals surface area (Å²) in [5, 5.41) is 9.37. The summed E-state index contributed by atoms with van der Waals surface area (Å²) >= 11 is 0. The Morgan fingerprint density at radius 2 is 1.88 bits per heavy atom. The molecule has 1 aromatic carbocycles. The van der Waals surface area contributed by atoms with Crippen molar-refractivity contribution in [3.05, 3.63) is 29.3 Å². The third-order valence-electron chi connectivity index (χ3n) is 2.19. The fraction of sp³-hybridized carbons (Fsp3) is 0.273. The zero-order valence-electron chi connectivity index (χ0n) is 9.47. The number of carbonyl (C=O) groups is 2. The maximum absolute atomic E-state index is 11.8. The molecule has 1 rings (SSSR count). The van der Waals surface area contributed by atoms with E-state index in [1.54, 1.807) is 0 Å². The van der Waals surface area contributed by atoms with Gasteiger partial charge in [-0.05, 0) is 18.2 Å². The topological polar surface area (TPSA) is 98.8 Å². The van der Waals surface area contributed by atoms with Gasteiger partial charge in [0.15, 0.2) is 0 Å². The van der Waals surface area contributed by atoms with Crippen molar-refractivity contribution in [3.63, 3.8) is 0 Å². The Morgan fingerprint density at radius 1 is 1.29 bits per heavy atom. The smallest absolute Gasteiger partial charge is 0.252 e. The van der Waals surface area contributed by atoms with E-state index in [-0.39, 0.29) is 16.9 Å². The zero-order valence-corrected chi connectivity index (χ0v) is 9.47. The van der Waals surface area contributed by atoms with Crippen molar-refractivity contribution < 1.29 is 24.2 Å². The van der Waals surface area contributed by atoms with E-state index in [4.69, 9.17) is 15.2 Å². The Kier molecular flexibility index (Phi) is 4.19. The molecule has 6 heteroatoms. The number of aromatic hydroxyl groups is 1.